The molecule has 7 heteroatoms. The fraction of sp³-hybridized carbons (Fsp3) is 0.708. The summed E-state index contributed by atoms with van der Waals surface area (Å²) < 4.78 is 33.3. The average molecular weight is 449 g/mol. The third-order valence-electron chi connectivity index (χ3n) is 7.85. The van der Waals surface area contributed by atoms with E-state index in [1.807, 2.05) is 19.1 Å². The van der Waals surface area contributed by atoms with Crippen LogP contribution in [0.2, 0.25) is 0 Å². The minimum Gasteiger partial charge on any atom is -0.469 e. The largest absolute Gasteiger partial charge is 0.469 e. The van der Waals surface area contributed by atoms with Crippen molar-refractivity contribution in [2.75, 3.05) is 39.8 Å². The summed E-state index contributed by atoms with van der Waals surface area (Å²) >= 11 is 0. The molecule has 6 nitrogen and oxygen atoms in total. The molecule has 172 valence electrons. The number of aryl methyl sites for hydroxylation is 1. The minimum atomic E-state index is -3.63. The zero-order valence-electron chi connectivity index (χ0n) is 18.9. The summed E-state index contributed by atoms with van der Waals surface area (Å²) in [7, 11) is -2.22. The molecular formula is C24H36N2O4S. The van der Waals surface area contributed by atoms with Crippen LogP contribution in [0.15, 0.2) is 29.2 Å². The van der Waals surface area contributed by atoms with Crippen molar-refractivity contribution < 1.29 is 17.9 Å². The summed E-state index contributed by atoms with van der Waals surface area (Å²) in [4.78, 5) is 15.5. The number of methoxy groups -OCH3 is 1. The van der Waals surface area contributed by atoms with Crippen LogP contribution < -0.4 is 0 Å². The first kappa shape index (κ1) is 22.7. The zero-order valence-corrected chi connectivity index (χ0v) is 19.7. The van der Waals surface area contributed by atoms with Gasteiger partial charge in [-0.3, -0.25) is 4.79 Å². The van der Waals surface area contributed by atoms with Gasteiger partial charge < -0.3 is 9.64 Å². The van der Waals surface area contributed by atoms with E-state index in [-0.39, 0.29) is 17.9 Å². The Kier molecular flexibility index (Phi) is 6.75. The van der Waals surface area contributed by atoms with Gasteiger partial charge in [0.05, 0.1) is 17.9 Å². The molecule has 0 bridgehead atoms. The fourth-order valence-electron chi connectivity index (χ4n) is 5.85. The minimum absolute atomic E-state index is 0.214. The number of esters is 1. The van der Waals surface area contributed by atoms with Crippen molar-refractivity contribution in [3.8, 4) is 0 Å². The number of hydrogen-bond acceptors (Lipinski definition) is 5. The van der Waals surface area contributed by atoms with Crippen molar-refractivity contribution in [2.45, 2.75) is 56.8 Å². The second-order valence-corrected chi connectivity index (χ2v) is 11.8. The van der Waals surface area contributed by atoms with Gasteiger partial charge in [-0.2, -0.15) is 4.31 Å². The van der Waals surface area contributed by atoms with E-state index in [0.29, 0.717) is 11.4 Å². The normalized spacial score (nSPS) is 25.7. The van der Waals surface area contributed by atoms with Gasteiger partial charge in [0.25, 0.3) is 0 Å². The lowest BCUT2D eigenvalue weighted by Gasteiger charge is -2.43. The number of carbonyl (C=O) groups is 1. The molecule has 2 heterocycles. The molecule has 1 aromatic carbocycles. The molecule has 1 unspecified atom stereocenters. The van der Waals surface area contributed by atoms with E-state index in [2.05, 4.69) is 4.90 Å². The first-order valence-electron chi connectivity index (χ1n) is 11.7. The van der Waals surface area contributed by atoms with Crippen LogP contribution >= 0.6 is 0 Å². The van der Waals surface area contributed by atoms with Gasteiger partial charge in [0.15, 0.2) is 0 Å². The van der Waals surface area contributed by atoms with Crippen molar-refractivity contribution in [1.82, 2.24) is 9.21 Å². The molecule has 0 aromatic heterocycles. The first-order valence-corrected chi connectivity index (χ1v) is 13.2. The SMILES string of the molecule is COC(=O)C1CN(S(=O)(=O)c2ccc(C)cc2)CC12CCN(CC1CCCCC1)CC2. The third-order valence-corrected chi connectivity index (χ3v) is 9.68. The molecule has 2 aliphatic heterocycles. The van der Waals surface area contributed by atoms with Crippen molar-refractivity contribution in [3.63, 3.8) is 0 Å². The fourth-order valence-corrected chi connectivity index (χ4v) is 7.41. The maximum atomic E-state index is 13.3. The monoisotopic (exact) mass is 448 g/mol. The second kappa shape index (κ2) is 9.20. The molecule has 1 atom stereocenters. The van der Waals surface area contributed by atoms with E-state index in [0.717, 1.165) is 44.0 Å². The number of ether oxygens (including phenoxy) is 1. The number of sulfonamides is 1. The molecule has 0 N–H and O–H groups in total. The zero-order chi connectivity index (χ0) is 22.1. The Morgan fingerprint density at radius 3 is 2.35 bits per heavy atom. The Balaban J connectivity index is 1.48. The predicted octanol–water partition coefficient (Wildman–Crippen LogP) is 3.45. The van der Waals surface area contributed by atoms with Crippen LogP contribution in [0, 0.1) is 24.2 Å². The van der Waals surface area contributed by atoms with E-state index in [4.69, 9.17) is 4.74 Å². The number of piperidine rings is 1. The summed E-state index contributed by atoms with van der Waals surface area (Å²) in [6, 6.07) is 6.96. The average Bonchev–Trinajstić information content (AvgIpc) is 3.16. The number of nitrogens with zero attached hydrogens (tertiary/aromatic N) is 2. The topological polar surface area (TPSA) is 66.9 Å². The van der Waals surface area contributed by atoms with Gasteiger partial charge in [0.2, 0.25) is 10.0 Å². The molecule has 1 spiro atoms. The second-order valence-electron chi connectivity index (χ2n) is 9.85. The standard InChI is InChI=1S/C24H36N2O4S/c1-19-8-10-21(11-9-19)31(28,29)26-17-22(23(27)30-2)24(18-26)12-14-25(15-13-24)16-20-6-4-3-5-7-20/h8-11,20,22H,3-7,12-18H2,1-2H3. The molecule has 2 saturated heterocycles. The van der Waals surface area contributed by atoms with E-state index < -0.39 is 15.9 Å². The summed E-state index contributed by atoms with van der Waals surface area (Å²) in [6.07, 6.45) is 8.41. The highest BCUT2D eigenvalue weighted by atomic mass is 32.2. The maximum Gasteiger partial charge on any atom is 0.310 e. The Hall–Kier alpha value is -1.44. The molecule has 0 radical (unpaired) electrons. The molecule has 1 aromatic rings. The van der Waals surface area contributed by atoms with E-state index in [1.165, 1.54) is 43.5 Å². The molecule has 0 amide bonds. The lowest BCUT2D eigenvalue weighted by Crippen LogP contribution is -2.47. The smallest absolute Gasteiger partial charge is 0.310 e. The van der Waals surface area contributed by atoms with Crippen molar-refractivity contribution >= 4 is 16.0 Å². The highest BCUT2D eigenvalue weighted by Crippen LogP contribution is 2.47. The molecular weight excluding hydrogens is 412 g/mol. The molecule has 31 heavy (non-hydrogen) atoms. The number of benzene rings is 1. The first-order chi connectivity index (χ1) is 14.8. The Morgan fingerprint density at radius 2 is 1.74 bits per heavy atom. The van der Waals surface area contributed by atoms with E-state index >= 15 is 0 Å². The van der Waals surface area contributed by atoms with Gasteiger partial charge in [-0.1, -0.05) is 37.0 Å². The predicted molar refractivity (Wildman–Crippen MR) is 120 cm³/mol. The van der Waals surface area contributed by atoms with Crippen LogP contribution in [-0.2, 0) is 19.6 Å². The number of likely N-dealkylation sites (tertiary alicyclic amines) is 1. The van der Waals surface area contributed by atoms with Crippen LogP contribution in [0.3, 0.4) is 0 Å². The quantitative estimate of drug-likeness (QED) is 0.646. The van der Waals surface area contributed by atoms with Gasteiger partial charge >= 0.3 is 5.97 Å². The van der Waals surface area contributed by atoms with E-state index in [9.17, 15) is 13.2 Å². The van der Waals surface area contributed by atoms with Crippen LogP contribution in [0.1, 0.15) is 50.5 Å². The summed E-state index contributed by atoms with van der Waals surface area (Å²) in [6.45, 7) is 5.57. The molecule has 3 fully saturated rings. The highest BCUT2D eigenvalue weighted by molar-refractivity contribution is 7.89. The Morgan fingerprint density at radius 1 is 1.10 bits per heavy atom. The van der Waals surface area contributed by atoms with Gasteiger partial charge in [-0.15, -0.1) is 0 Å². The number of hydrogen-bond donors (Lipinski definition) is 0. The molecule has 4 rings (SSSR count). The Bertz CT molecular complexity index is 869. The summed E-state index contributed by atoms with van der Waals surface area (Å²) in [5.74, 6) is 0.123. The van der Waals surface area contributed by atoms with Crippen molar-refractivity contribution in [2.24, 2.45) is 17.3 Å². The van der Waals surface area contributed by atoms with Gasteiger partial charge in [0.1, 0.15) is 0 Å². The van der Waals surface area contributed by atoms with Crippen LogP contribution in [-0.4, -0.2) is 63.4 Å². The summed E-state index contributed by atoms with van der Waals surface area (Å²) in [5, 5.41) is 0. The van der Waals surface area contributed by atoms with Crippen molar-refractivity contribution in [3.05, 3.63) is 29.8 Å². The lowest BCUT2D eigenvalue weighted by molar-refractivity contribution is -0.149. The number of rotatable bonds is 5. The maximum absolute atomic E-state index is 13.3. The molecule has 1 aliphatic carbocycles. The van der Waals surface area contributed by atoms with E-state index in [1.54, 1.807) is 12.1 Å². The molecule has 1 saturated carbocycles. The molecule has 3 aliphatic rings. The van der Waals surface area contributed by atoms with Gasteiger partial charge in [-0.05, 0) is 63.7 Å². The highest BCUT2D eigenvalue weighted by Gasteiger charge is 2.54. The van der Waals surface area contributed by atoms with Crippen molar-refractivity contribution in [1.29, 1.82) is 0 Å². The van der Waals surface area contributed by atoms with Crippen LogP contribution in [0.4, 0.5) is 0 Å². The van der Waals surface area contributed by atoms with Gasteiger partial charge in [-0.25, -0.2) is 8.42 Å². The van der Waals surface area contributed by atoms with Crippen LogP contribution in [0.5, 0.6) is 0 Å². The van der Waals surface area contributed by atoms with Crippen LogP contribution in [0.25, 0.3) is 0 Å². The lowest BCUT2D eigenvalue weighted by atomic mass is 9.70. The van der Waals surface area contributed by atoms with Gasteiger partial charge in [0, 0.05) is 25.0 Å². The number of carbonyl (C=O) groups excluding carboxylic acids is 1. The Labute approximate surface area is 187 Å². The third kappa shape index (κ3) is 4.69. The summed E-state index contributed by atoms with van der Waals surface area (Å²) in [5.41, 5.74) is 0.697.